The molecular weight excluding hydrogens is 384 g/mol. The van der Waals surface area contributed by atoms with Crippen LogP contribution in [-0.2, 0) is 4.79 Å². The molecule has 0 fully saturated rings. The second-order valence-corrected chi connectivity index (χ2v) is 8.10. The summed E-state index contributed by atoms with van der Waals surface area (Å²) in [7, 11) is 2.11. The topological polar surface area (TPSA) is 97.1 Å². The van der Waals surface area contributed by atoms with Gasteiger partial charge in [-0.05, 0) is 55.5 Å². The third-order valence-corrected chi connectivity index (χ3v) is 5.48. The van der Waals surface area contributed by atoms with E-state index in [0.717, 1.165) is 12.0 Å². The summed E-state index contributed by atoms with van der Waals surface area (Å²) >= 11 is 0. The zero-order chi connectivity index (χ0) is 21.9. The van der Waals surface area contributed by atoms with Gasteiger partial charge in [0.25, 0.3) is 5.91 Å². The number of hydrogen-bond acceptors (Lipinski definition) is 6. The fourth-order valence-corrected chi connectivity index (χ4v) is 3.76. The Hall–Kier alpha value is -3.42. The molecule has 0 unspecified atom stereocenters. The summed E-state index contributed by atoms with van der Waals surface area (Å²) in [6, 6.07) is 12.0. The van der Waals surface area contributed by atoms with Crippen molar-refractivity contribution in [2.75, 3.05) is 18.6 Å². The smallest absolute Gasteiger partial charge is 0.310 e. The van der Waals surface area contributed by atoms with Gasteiger partial charge in [0.1, 0.15) is 0 Å². The Balaban J connectivity index is 1.60. The lowest BCUT2D eigenvalue weighted by molar-refractivity contribution is -0.385. The van der Waals surface area contributed by atoms with Gasteiger partial charge in [0.2, 0.25) is 0 Å². The summed E-state index contributed by atoms with van der Waals surface area (Å²) in [4.78, 5) is 24.7. The SMILES string of the molecule is C[C@@H]1CC(C)(C)N(C)c2ccc(/C=N/NC(=O)COc3ccccc3[N+](=O)[O-])cc21. The number of carbonyl (C=O) groups excluding carboxylic acids is 1. The third-order valence-electron chi connectivity index (χ3n) is 5.48. The Morgan fingerprint density at radius 3 is 2.83 bits per heavy atom. The molecule has 0 bridgehead atoms. The van der Waals surface area contributed by atoms with Gasteiger partial charge >= 0.3 is 5.69 Å². The van der Waals surface area contributed by atoms with Crippen LogP contribution < -0.4 is 15.1 Å². The van der Waals surface area contributed by atoms with Crippen LogP contribution in [0.25, 0.3) is 0 Å². The van der Waals surface area contributed by atoms with Gasteiger partial charge < -0.3 is 9.64 Å². The molecule has 1 N–H and O–H groups in total. The number of amides is 1. The lowest BCUT2D eigenvalue weighted by atomic mass is 9.80. The number of fused-ring (bicyclic) bond motifs is 1. The Morgan fingerprint density at radius 1 is 1.37 bits per heavy atom. The van der Waals surface area contributed by atoms with Gasteiger partial charge in [0.15, 0.2) is 12.4 Å². The van der Waals surface area contributed by atoms with Crippen molar-refractivity contribution in [3.8, 4) is 5.75 Å². The third kappa shape index (κ3) is 4.59. The minimum Gasteiger partial charge on any atom is -0.477 e. The highest BCUT2D eigenvalue weighted by Crippen LogP contribution is 2.42. The molecule has 2 aromatic rings. The summed E-state index contributed by atoms with van der Waals surface area (Å²) in [6.07, 6.45) is 2.63. The van der Waals surface area contributed by atoms with Gasteiger partial charge in [-0.1, -0.05) is 25.1 Å². The van der Waals surface area contributed by atoms with Crippen LogP contribution in [0.4, 0.5) is 11.4 Å². The molecule has 158 valence electrons. The number of benzene rings is 2. The number of nitrogens with zero attached hydrogens (tertiary/aromatic N) is 3. The van der Waals surface area contributed by atoms with E-state index in [2.05, 4.69) is 55.4 Å². The van der Waals surface area contributed by atoms with Crippen molar-refractivity contribution in [3.05, 3.63) is 63.7 Å². The highest BCUT2D eigenvalue weighted by atomic mass is 16.6. The standard InChI is InChI=1S/C22H26N4O4/c1-15-12-22(2,3)25(4)18-10-9-16(11-17(15)18)13-23-24-21(27)14-30-20-8-6-5-7-19(20)26(28)29/h5-11,13,15H,12,14H2,1-4H3,(H,24,27)/b23-13+/t15-/m1/s1. The van der Waals surface area contributed by atoms with Crippen molar-refractivity contribution in [1.82, 2.24) is 5.43 Å². The molecule has 0 saturated heterocycles. The first-order chi connectivity index (χ1) is 14.2. The number of carbonyl (C=O) groups is 1. The molecule has 1 aliphatic heterocycles. The van der Waals surface area contributed by atoms with Crippen LogP contribution >= 0.6 is 0 Å². The minimum absolute atomic E-state index is 0.0392. The lowest BCUT2D eigenvalue weighted by Gasteiger charge is -2.45. The van der Waals surface area contributed by atoms with Gasteiger partial charge in [-0.25, -0.2) is 5.43 Å². The maximum atomic E-state index is 12.0. The number of hydrazone groups is 1. The summed E-state index contributed by atoms with van der Waals surface area (Å²) in [5.74, 6) is -0.0428. The van der Waals surface area contributed by atoms with E-state index < -0.39 is 10.8 Å². The van der Waals surface area contributed by atoms with Gasteiger partial charge in [-0.3, -0.25) is 14.9 Å². The summed E-state index contributed by atoms with van der Waals surface area (Å²) in [5.41, 5.74) is 5.65. The van der Waals surface area contributed by atoms with Crippen molar-refractivity contribution in [2.45, 2.75) is 38.6 Å². The van der Waals surface area contributed by atoms with Crippen LogP contribution in [0.5, 0.6) is 5.75 Å². The molecule has 8 heteroatoms. The quantitative estimate of drug-likeness (QED) is 0.443. The van der Waals surface area contributed by atoms with E-state index in [1.54, 1.807) is 12.3 Å². The molecule has 1 atom stereocenters. The average Bonchev–Trinajstić information content (AvgIpc) is 2.70. The van der Waals surface area contributed by atoms with Crippen molar-refractivity contribution < 1.29 is 14.5 Å². The van der Waals surface area contributed by atoms with E-state index in [1.165, 1.54) is 29.4 Å². The van der Waals surface area contributed by atoms with Gasteiger partial charge in [0.05, 0.1) is 11.1 Å². The number of rotatable bonds is 6. The van der Waals surface area contributed by atoms with Crippen LogP contribution in [0.1, 0.15) is 44.2 Å². The zero-order valence-electron chi connectivity index (χ0n) is 17.6. The van der Waals surface area contributed by atoms with Crippen molar-refractivity contribution in [1.29, 1.82) is 0 Å². The zero-order valence-corrected chi connectivity index (χ0v) is 17.6. The highest BCUT2D eigenvalue weighted by molar-refractivity contribution is 5.84. The van der Waals surface area contributed by atoms with Gasteiger partial charge in [-0.15, -0.1) is 0 Å². The van der Waals surface area contributed by atoms with Crippen LogP contribution in [0.2, 0.25) is 0 Å². The molecule has 3 rings (SSSR count). The molecule has 0 radical (unpaired) electrons. The summed E-state index contributed by atoms with van der Waals surface area (Å²) < 4.78 is 5.25. The maximum Gasteiger partial charge on any atom is 0.310 e. The van der Waals surface area contributed by atoms with E-state index in [9.17, 15) is 14.9 Å². The Bertz CT molecular complexity index is 987. The normalized spacial score (nSPS) is 17.5. The molecule has 8 nitrogen and oxygen atoms in total. The Kier molecular flexibility index (Phi) is 6.05. The molecule has 0 aliphatic carbocycles. The van der Waals surface area contributed by atoms with Crippen molar-refractivity contribution in [3.63, 3.8) is 0 Å². The Morgan fingerprint density at radius 2 is 2.10 bits per heavy atom. The van der Waals surface area contributed by atoms with E-state index in [4.69, 9.17) is 4.74 Å². The first kappa shape index (κ1) is 21.3. The number of nitro benzene ring substituents is 1. The first-order valence-electron chi connectivity index (χ1n) is 9.75. The fraction of sp³-hybridized carbons (Fsp3) is 0.364. The number of ether oxygens (including phenoxy) is 1. The Labute approximate surface area is 175 Å². The van der Waals surface area contributed by atoms with E-state index in [1.807, 2.05) is 6.07 Å². The molecule has 1 aliphatic rings. The molecule has 0 saturated carbocycles. The molecule has 30 heavy (non-hydrogen) atoms. The second-order valence-electron chi connectivity index (χ2n) is 8.10. The predicted octanol–water partition coefficient (Wildman–Crippen LogP) is 3.85. The van der Waals surface area contributed by atoms with Crippen LogP contribution in [0.15, 0.2) is 47.6 Å². The average molecular weight is 410 g/mol. The molecule has 1 amide bonds. The second kappa shape index (κ2) is 8.52. The number of hydrogen-bond donors (Lipinski definition) is 1. The predicted molar refractivity (Wildman–Crippen MR) is 116 cm³/mol. The summed E-state index contributed by atoms with van der Waals surface area (Å²) in [6.45, 7) is 6.33. The minimum atomic E-state index is -0.555. The molecular formula is C22H26N4O4. The van der Waals surface area contributed by atoms with E-state index in [0.29, 0.717) is 5.92 Å². The van der Waals surface area contributed by atoms with E-state index >= 15 is 0 Å². The molecule has 0 spiro atoms. The molecule has 1 heterocycles. The highest BCUT2D eigenvalue weighted by Gasteiger charge is 2.33. The van der Waals surface area contributed by atoms with E-state index in [-0.39, 0.29) is 23.6 Å². The van der Waals surface area contributed by atoms with Gasteiger partial charge in [0, 0.05) is 24.3 Å². The fourth-order valence-electron chi connectivity index (χ4n) is 3.76. The van der Waals surface area contributed by atoms with Crippen LogP contribution in [0, 0.1) is 10.1 Å². The summed E-state index contributed by atoms with van der Waals surface area (Å²) in [5, 5.41) is 15.0. The van der Waals surface area contributed by atoms with Crippen LogP contribution in [0.3, 0.4) is 0 Å². The number of nitrogens with one attached hydrogen (secondary N) is 1. The molecule has 0 aromatic heterocycles. The maximum absolute atomic E-state index is 12.0. The largest absolute Gasteiger partial charge is 0.477 e. The van der Waals surface area contributed by atoms with Crippen LogP contribution in [-0.4, -0.2) is 36.2 Å². The number of para-hydroxylation sites is 2. The van der Waals surface area contributed by atoms with Crippen molar-refractivity contribution >= 4 is 23.5 Å². The lowest BCUT2D eigenvalue weighted by Crippen LogP contribution is -2.45. The van der Waals surface area contributed by atoms with Crippen molar-refractivity contribution in [2.24, 2.45) is 5.10 Å². The monoisotopic (exact) mass is 410 g/mol. The molecule has 2 aromatic carbocycles. The number of nitro groups is 1. The van der Waals surface area contributed by atoms with Gasteiger partial charge in [-0.2, -0.15) is 5.10 Å². The first-order valence-corrected chi connectivity index (χ1v) is 9.75. The number of anilines is 1.